The van der Waals surface area contributed by atoms with Crippen LogP contribution >= 0.6 is 24.8 Å². The van der Waals surface area contributed by atoms with Crippen LogP contribution in [0.4, 0.5) is 5.69 Å². The van der Waals surface area contributed by atoms with Gasteiger partial charge in [-0.1, -0.05) is 20.8 Å². The Morgan fingerprint density at radius 1 is 0.776 bits per heavy atom. The number of amides is 2. The lowest BCUT2D eigenvalue weighted by Gasteiger charge is -2.37. The molecule has 6 rings (SSSR count). The Kier molecular flexibility index (Phi) is 13.9. The zero-order valence-corrected chi connectivity index (χ0v) is 31.4. The summed E-state index contributed by atoms with van der Waals surface area (Å²) in [5.41, 5.74) is 3.90. The molecule has 272 valence electrons. The smallest absolute Gasteiger partial charge is 0.254 e. The van der Waals surface area contributed by atoms with E-state index in [9.17, 15) is 9.59 Å². The maximum atomic E-state index is 13.9. The zero-order chi connectivity index (χ0) is 33.0. The predicted molar refractivity (Wildman–Crippen MR) is 201 cm³/mol. The van der Waals surface area contributed by atoms with Gasteiger partial charge in [0.05, 0.1) is 5.56 Å². The average Bonchev–Trinajstić information content (AvgIpc) is 3.61. The molecule has 49 heavy (non-hydrogen) atoms. The molecular weight excluding hydrogens is 661 g/mol. The van der Waals surface area contributed by atoms with Crippen molar-refractivity contribution in [3.05, 3.63) is 53.1 Å². The summed E-state index contributed by atoms with van der Waals surface area (Å²) in [6, 6.07) is 12.0. The molecule has 0 radical (unpaired) electrons. The fourth-order valence-electron chi connectivity index (χ4n) is 7.88. The van der Waals surface area contributed by atoms with Gasteiger partial charge in [0.2, 0.25) is 0 Å². The first kappa shape index (κ1) is 39.1. The van der Waals surface area contributed by atoms with Crippen molar-refractivity contribution in [2.75, 3.05) is 64.3 Å². The van der Waals surface area contributed by atoms with Crippen LogP contribution in [0.2, 0.25) is 0 Å². The summed E-state index contributed by atoms with van der Waals surface area (Å²) in [5.74, 6) is 2.64. The highest BCUT2D eigenvalue weighted by atomic mass is 35.5. The van der Waals surface area contributed by atoms with Gasteiger partial charge in [0.25, 0.3) is 11.8 Å². The van der Waals surface area contributed by atoms with Gasteiger partial charge < -0.3 is 35.2 Å². The van der Waals surface area contributed by atoms with Gasteiger partial charge in [0.1, 0.15) is 23.7 Å². The number of piperidine rings is 1. The summed E-state index contributed by atoms with van der Waals surface area (Å²) < 4.78 is 13.1. The fourth-order valence-corrected chi connectivity index (χ4v) is 7.88. The first-order valence-corrected chi connectivity index (χ1v) is 18.0. The minimum absolute atomic E-state index is 0. The standard InChI is InChI=1S/C38H55N5O4.2ClH/c1-38(2,3)28-8-5-26(6-9-28)33-23-27(7-12-34(33)47-31-13-16-41-25-31)37(45)43-19-14-30(15-20-43)46-35-24-29(42-21-17-40-18-22-42)10-11-32(35)36(44)39-4;;/h7,10-12,23-24,26,28,30-31,40-41H,5-6,8-9,13-22,25H2,1-4H3,(H,39,44);2*1H/t26?,28?,31-;;/m0../s1. The van der Waals surface area contributed by atoms with Crippen LogP contribution < -0.4 is 30.3 Å². The number of benzene rings is 2. The number of ether oxygens (including phenoxy) is 2. The van der Waals surface area contributed by atoms with Crippen molar-refractivity contribution < 1.29 is 19.1 Å². The van der Waals surface area contributed by atoms with E-state index < -0.39 is 0 Å². The van der Waals surface area contributed by atoms with Gasteiger partial charge in [-0.15, -0.1) is 24.8 Å². The first-order valence-electron chi connectivity index (χ1n) is 18.0. The molecular formula is C38H57Cl2N5O4. The Labute approximate surface area is 305 Å². The number of piperazine rings is 1. The van der Waals surface area contributed by atoms with Crippen molar-refractivity contribution >= 4 is 42.3 Å². The summed E-state index contributed by atoms with van der Waals surface area (Å²) in [4.78, 5) is 30.9. The Bertz CT molecular complexity index is 1390. The number of rotatable bonds is 8. The van der Waals surface area contributed by atoms with Crippen LogP contribution in [0.1, 0.15) is 97.9 Å². The molecule has 2 aromatic carbocycles. The highest BCUT2D eigenvalue weighted by Gasteiger charge is 2.33. The van der Waals surface area contributed by atoms with Crippen LogP contribution in [-0.2, 0) is 0 Å². The molecule has 3 saturated heterocycles. The summed E-state index contributed by atoms with van der Waals surface area (Å²) in [5, 5.41) is 9.56. The maximum Gasteiger partial charge on any atom is 0.254 e. The number of anilines is 1. The lowest BCUT2D eigenvalue weighted by Crippen LogP contribution is -2.43. The van der Waals surface area contributed by atoms with E-state index in [0.29, 0.717) is 35.7 Å². The Morgan fingerprint density at radius 2 is 1.47 bits per heavy atom. The van der Waals surface area contributed by atoms with Crippen molar-refractivity contribution in [1.82, 2.24) is 20.9 Å². The van der Waals surface area contributed by atoms with Crippen LogP contribution in [0.3, 0.4) is 0 Å². The molecule has 11 heteroatoms. The quantitative estimate of drug-likeness (QED) is 0.307. The molecule has 3 aliphatic heterocycles. The monoisotopic (exact) mass is 717 g/mol. The molecule has 2 amide bonds. The second-order valence-electron chi connectivity index (χ2n) is 15.0. The molecule has 1 atom stereocenters. The summed E-state index contributed by atoms with van der Waals surface area (Å²) in [7, 11) is 1.65. The van der Waals surface area contributed by atoms with Crippen LogP contribution in [0.5, 0.6) is 11.5 Å². The number of nitrogens with one attached hydrogen (secondary N) is 3. The number of nitrogens with zero attached hydrogens (tertiary/aromatic N) is 2. The van der Waals surface area contributed by atoms with E-state index >= 15 is 0 Å². The third kappa shape index (κ3) is 9.54. The number of carbonyl (C=O) groups is 2. The minimum atomic E-state index is -0.154. The van der Waals surface area contributed by atoms with Gasteiger partial charge >= 0.3 is 0 Å². The minimum Gasteiger partial charge on any atom is -0.489 e. The van der Waals surface area contributed by atoms with E-state index in [0.717, 1.165) is 94.3 Å². The Balaban J connectivity index is 0.00000270. The molecule has 2 aromatic rings. The number of likely N-dealkylation sites (tertiary alicyclic amines) is 1. The summed E-state index contributed by atoms with van der Waals surface area (Å²) in [6.45, 7) is 13.9. The zero-order valence-electron chi connectivity index (χ0n) is 29.7. The third-order valence-electron chi connectivity index (χ3n) is 10.9. The van der Waals surface area contributed by atoms with Gasteiger partial charge in [-0.3, -0.25) is 9.59 Å². The van der Waals surface area contributed by atoms with Gasteiger partial charge in [0, 0.05) is 83.0 Å². The molecule has 0 aromatic heterocycles. The van der Waals surface area contributed by atoms with Gasteiger partial charge in [-0.25, -0.2) is 0 Å². The number of hydrogen-bond donors (Lipinski definition) is 3. The van der Waals surface area contributed by atoms with E-state index in [2.05, 4.69) is 53.8 Å². The molecule has 3 heterocycles. The van der Waals surface area contributed by atoms with E-state index in [1.807, 2.05) is 29.2 Å². The SMILES string of the molecule is CNC(=O)c1ccc(N2CCNCC2)cc1OC1CCN(C(=O)c2ccc(O[C@H]3CCNC3)c(C3CCC(C(C)(C)C)CC3)c2)CC1.Cl.Cl. The number of hydrogen-bond acceptors (Lipinski definition) is 7. The number of carbonyl (C=O) groups excluding carboxylic acids is 2. The lowest BCUT2D eigenvalue weighted by atomic mass is 9.68. The van der Waals surface area contributed by atoms with Crippen LogP contribution in [-0.4, -0.2) is 88.3 Å². The molecule has 0 spiro atoms. The van der Waals surface area contributed by atoms with Gasteiger partial charge in [-0.2, -0.15) is 0 Å². The third-order valence-corrected chi connectivity index (χ3v) is 10.9. The van der Waals surface area contributed by atoms with E-state index in [4.69, 9.17) is 9.47 Å². The van der Waals surface area contributed by atoms with Gasteiger partial charge in [-0.05, 0) is 91.8 Å². The average molecular weight is 719 g/mol. The topological polar surface area (TPSA) is 95.2 Å². The summed E-state index contributed by atoms with van der Waals surface area (Å²) >= 11 is 0. The molecule has 1 saturated carbocycles. The number of halogens is 2. The molecule has 0 bridgehead atoms. The van der Waals surface area contributed by atoms with Crippen LogP contribution in [0.15, 0.2) is 36.4 Å². The van der Waals surface area contributed by atoms with Crippen LogP contribution in [0, 0.1) is 11.3 Å². The van der Waals surface area contributed by atoms with Crippen molar-refractivity contribution in [1.29, 1.82) is 0 Å². The Hall–Kier alpha value is -2.72. The van der Waals surface area contributed by atoms with E-state index in [-0.39, 0.29) is 48.8 Å². The van der Waals surface area contributed by atoms with Crippen molar-refractivity contribution in [3.8, 4) is 11.5 Å². The van der Waals surface area contributed by atoms with Crippen molar-refractivity contribution in [2.45, 2.75) is 83.8 Å². The summed E-state index contributed by atoms with van der Waals surface area (Å²) in [6.07, 6.45) is 7.26. The Morgan fingerprint density at radius 3 is 2.10 bits per heavy atom. The second-order valence-corrected chi connectivity index (χ2v) is 15.0. The fraction of sp³-hybridized carbons (Fsp3) is 0.632. The normalized spacial score (nSPS) is 23.2. The molecule has 3 N–H and O–H groups in total. The largest absolute Gasteiger partial charge is 0.489 e. The molecule has 9 nitrogen and oxygen atoms in total. The highest BCUT2D eigenvalue weighted by molar-refractivity contribution is 5.97. The van der Waals surface area contributed by atoms with Crippen molar-refractivity contribution in [3.63, 3.8) is 0 Å². The molecule has 0 unspecified atom stereocenters. The van der Waals surface area contributed by atoms with Crippen molar-refractivity contribution in [2.24, 2.45) is 11.3 Å². The highest BCUT2D eigenvalue weighted by Crippen LogP contribution is 2.45. The maximum absolute atomic E-state index is 13.9. The van der Waals surface area contributed by atoms with E-state index in [1.165, 1.54) is 18.4 Å². The second kappa shape index (κ2) is 17.5. The molecule has 4 aliphatic rings. The lowest BCUT2D eigenvalue weighted by molar-refractivity contribution is 0.0593. The van der Waals surface area contributed by atoms with E-state index in [1.54, 1.807) is 7.05 Å². The predicted octanol–water partition coefficient (Wildman–Crippen LogP) is 6.04. The first-order chi connectivity index (χ1) is 22.7. The molecule has 4 fully saturated rings. The van der Waals surface area contributed by atoms with Crippen LogP contribution in [0.25, 0.3) is 0 Å². The van der Waals surface area contributed by atoms with Gasteiger partial charge in [0.15, 0.2) is 0 Å². The molecule has 1 aliphatic carbocycles.